The monoisotopic (exact) mass is 697 g/mol. The highest BCUT2D eigenvalue weighted by Crippen LogP contribution is 2.35. The molecule has 1 aromatic heterocycles. The number of nitrogens with one attached hydrogen (secondary N) is 3. The van der Waals surface area contributed by atoms with Crippen molar-refractivity contribution in [1.82, 2.24) is 20.2 Å². The summed E-state index contributed by atoms with van der Waals surface area (Å²) >= 11 is 0. The van der Waals surface area contributed by atoms with Crippen LogP contribution in [0.5, 0.6) is 17.4 Å². The van der Waals surface area contributed by atoms with Crippen LogP contribution in [0.3, 0.4) is 0 Å². The van der Waals surface area contributed by atoms with Crippen molar-refractivity contribution in [3.05, 3.63) is 88.9 Å². The van der Waals surface area contributed by atoms with E-state index in [4.69, 9.17) is 9.47 Å². The minimum atomic E-state index is -0.464. The number of hydrogen-bond donors (Lipinski definition) is 3. The lowest BCUT2D eigenvalue weighted by molar-refractivity contribution is -0.121. The molecule has 0 saturated carbocycles. The lowest BCUT2D eigenvalue weighted by Gasteiger charge is -2.39. The standard InChI is InChI=1S/C39H48FN7O4/c1-8-26(4)42-35(48)17-13-28-12-16-33(34(20-28)50-7)51-38-30(37(49)44-36-24(2)10-9-11-25(36)3)22-41-39(45-38)43-29-14-15-32(31(40)21-29)47-19-18-46(6)27(5)23-47/h9-12,14-16,20-22,26-27H,8,13,17-19,23H2,1-7H3,(H,42,48)(H,44,49)(H,41,43,45)/t26-,27?/m1/s1. The summed E-state index contributed by atoms with van der Waals surface area (Å²) in [6, 6.07) is 16.5. The number of aromatic nitrogens is 2. The average Bonchev–Trinajstić information content (AvgIpc) is 3.10. The van der Waals surface area contributed by atoms with Gasteiger partial charge in [-0.3, -0.25) is 9.59 Å². The molecule has 1 unspecified atom stereocenters. The first-order valence-corrected chi connectivity index (χ1v) is 17.4. The number of carbonyl (C=O) groups is 2. The van der Waals surface area contributed by atoms with E-state index in [1.165, 1.54) is 19.4 Å². The highest BCUT2D eigenvalue weighted by molar-refractivity contribution is 6.06. The van der Waals surface area contributed by atoms with Crippen molar-refractivity contribution in [1.29, 1.82) is 0 Å². The summed E-state index contributed by atoms with van der Waals surface area (Å²) in [4.78, 5) is 39.4. The first-order chi connectivity index (χ1) is 24.4. The van der Waals surface area contributed by atoms with E-state index in [0.717, 1.165) is 42.7 Å². The zero-order chi connectivity index (χ0) is 36.7. The zero-order valence-corrected chi connectivity index (χ0v) is 30.5. The van der Waals surface area contributed by atoms with Crippen molar-refractivity contribution in [2.45, 2.75) is 66.0 Å². The van der Waals surface area contributed by atoms with Crippen LogP contribution in [0.1, 0.15) is 60.7 Å². The van der Waals surface area contributed by atoms with E-state index in [-0.39, 0.29) is 35.2 Å². The summed E-state index contributed by atoms with van der Waals surface area (Å²) in [7, 11) is 3.59. The molecule has 2 amide bonds. The normalized spacial score (nSPS) is 15.2. The number of para-hydroxylation sites is 1. The molecule has 4 aromatic rings. The fourth-order valence-corrected chi connectivity index (χ4v) is 5.85. The van der Waals surface area contributed by atoms with E-state index >= 15 is 4.39 Å². The summed E-state index contributed by atoms with van der Waals surface area (Å²) in [6.07, 6.45) is 3.07. The SMILES string of the molecule is CC[C@@H](C)NC(=O)CCc1ccc(Oc2nc(Nc3ccc(N4CCN(C)C(C)C4)c(F)c3)ncc2C(=O)Nc2c(C)cccc2C)c(OC)c1. The van der Waals surface area contributed by atoms with Crippen molar-refractivity contribution >= 4 is 34.8 Å². The van der Waals surface area contributed by atoms with Gasteiger partial charge in [0.2, 0.25) is 17.7 Å². The summed E-state index contributed by atoms with van der Waals surface area (Å²) in [5.74, 6) is -0.0511. The zero-order valence-electron chi connectivity index (χ0n) is 30.5. The van der Waals surface area contributed by atoms with Gasteiger partial charge in [0.15, 0.2) is 11.5 Å². The second-order valence-corrected chi connectivity index (χ2v) is 13.2. The Hall–Kier alpha value is -5.23. The summed E-state index contributed by atoms with van der Waals surface area (Å²) in [5.41, 5.74) is 4.43. The van der Waals surface area contributed by atoms with Crippen molar-refractivity contribution in [3.8, 4) is 17.4 Å². The average molecular weight is 698 g/mol. The van der Waals surface area contributed by atoms with Crippen molar-refractivity contribution in [2.75, 3.05) is 49.3 Å². The molecule has 270 valence electrons. The van der Waals surface area contributed by atoms with Gasteiger partial charge in [0.1, 0.15) is 11.4 Å². The number of methoxy groups -OCH3 is 1. The molecule has 0 radical (unpaired) electrons. The Bertz CT molecular complexity index is 1850. The minimum absolute atomic E-state index is 0.0207. The largest absolute Gasteiger partial charge is 0.493 e. The number of benzene rings is 3. The Labute approximate surface area is 299 Å². The van der Waals surface area contributed by atoms with Crippen LogP contribution in [0.4, 0.5) is 27.4 Å². The molecule has 0 bridgehead atoms. The van der Waals surface area contributed by atoms with Crippen LogP contribution in [0, 0.1) is 19.7 Å². The van der Waals surface area contributed by atoms with Crippen LogP contribution in [0.25, 0.3) is 0 Å². The molecule has 11 nitrogen and oxygen atoms in total. The van der Waals surface area contributed by atoms with Gasteiger partial charge in [0.05, 0.1) is 12.8 Å². The van der Waals surface area contributed by atoms with Crippen LogP contribution in [0.15, 0.2) is 60.8 Å². The predicted molar refractivity (Wildman–Crippen MR) is 199 cm³/mol. The van der Waals surface area contributed by atoms with Crippen molar-refractivity contribution < 1.29 is 23.5 Å². The number of aryl methyl sites for hydroxylation is 3. The summed E-state index contributed by atoms with van der Waals surface area (Å²) < 4.78 is 27.3. The number of ether oxygens (including phenoxy) is 2. The first kappa shape index (κ1) is 37.0. The molecular formula is C39H48FN7O4. The molecule has 51 heavy (non-hydrogen) atoms. The lowest BCUT2D eigenvalue weighted by atomic mass is 10.1. The molecular weight excluding hydrogens is 649 g/mol. The minimum Gasteiger partial charge on any atom is -0.493 e. The van der Waals surface area contributed by atoms with Gasteiger partial charge in [-0.25, -0.2) is 9.37 Å². The molecule has 3 aromatic carbocycles. The number of halogens is 1. The molecule has 1 aliphatic rings. The second kappa shape index (κ2) is 16.7. The molecule has 0 aliphatic carbocycles. The lowest BCUT2D eigenvalue weighted by Crippen LogP contribution is -2.50. The molecule has 0 spiro atoms. The van der Waals surface area contributed by atoms with E-state index in [2.05, 4.69) is 49.7 Å². The van der Waals surface area contributed by atoms with Crippen LogP contribution >= 0.6 is 0 Å². The van der Waals surface area contributed by atoms with E-state index in [1.807, 2.05) is 52.0 Å². The number of carbonyl (C=O) groups excluding carboxylic acids is 2. The van der Waals surface area contributed by atoms with Gasteiger partial charge in [-0.2, -0.15) is 4.98 Å². The maximum absolute atomic E-state index is 15.4. The number of amides is 2. The third kappa shape index (κ3) is 9.31. The van der Waals surface area contributed by atoms with Crippen molar-refractivity contribution in [3.63, 3.8) is 0 Å². The molecule has 5 rings (SSSR count). The Balaban J connectivity index is 1.41. The van der Waals surface area contributed by atoms with Crippen LogP contribution < -0.4 is 30.3 Å². The number of nitrogens with zero attached hydrogens (tertiary/aromatic N) is 4. The summed E-state index contributed by atoms with van der Waals surface area (Å²) in [6.45, 7) is 12.3. The maximum atomic E-state index is 15.4. The van der Waals surface area contributed by atoms with Crippen LogP contribution in [-0.2, 0) is 11.2 Å². The number of hydrogen-bond acceptors (Lipinski definition) is 9. The number of likely N-dealkylation sites (N-methyl/N-ethyl adjacent to an activating group) is 1. The maximum Gasteiger partial charge on any atom is 0.262 e. The van der Waals surface area contributed by atoms with Crippen LogP contribution in [-0.4, -0.2) is 72.6 Å². The van der Waals surface area contributed by atoms with Gasteiger partial charge in [-0.05, 0) is 94.6 Å². The fraction of sp³-hybridized carbons (Fsp3) is 0.385. The molecule has 1 aliphatic heterocycles. The van der Waals surface area contributed by atoms with Gasteiger partial charge in [-0.15, -0.1) is 0 Å². The topological polar surface area (TPSA) is 121 Å². The Morgan fingerprint density at radius 3 is 2.51 bits per heavy atom. The Morgan fingerprint density at radius 2 is 1.82 bits per heavy atom. The van der Waals surface area contributed by atoms with Gasteiger partial charge in [-0.1, -0.05) is 31.2 Å². The molecule has 3 N–H and O–H groups in total. The van der Waals surface area contributed by atoms with E-state index in [9.17, 15) is 9.59 Å². The van der Waals surface area contributed by atoms with Crippen molar-refractivity contribution in [2.24, 2.45) is 0 Å². The van der Waals surface area contributed by atoms with Gasteiger partial charge in [0, 0.05) is 55.7 Å². The number of anilines is 4. The summed E-state index contributed by atoms with van der Waals surface area (Å²) in [5, 5.41) is 9.02. The fourth-order valence-electron chi connectivity index (χ4n) is 5.85. The van der Waals surface area contributed by atoms with E-state index in [1.54, 1.807) is 24.3 Å². The Kier molecular flexibility index (Phi) is 12.1. The Morgan fingerprint density at radius 1 is 1.06 bits per heavy atom. The molecule has 2 atom stereocenters. The van der Waals surface area contributed by atoms with E-state index in [0.29, 0.717) is 47.4 Å². The van der Waals surface area contributed by atoms with E-state index < -0.39 is 5.91 Å². The smallest absolute Gasteiger partial charge is 0.262 e. The molecule has 1 fully saturated rings. The van der Waals surface area contributed by atoms with Gasteiger partial charge < -0.3 is 35.2 Å². The third-order valence-corrected chi connectivity index (χ3v) is 9.32. The molecule has 1 saturated heterocycles. The van der Waals surface area contributed by atoms with Gasteiger partial charge >= 0.3 is 0 Å². The highest BCUT2D eigenvalue weighted by Gasteiger charge is 2.24. The third-order valence-electron chi connectivity index (χ3n) is 9.32. The quantitative estimate of drug-likeness (QED) is 0.135. The first-order valence-electron chi connectivity index (χ1n) is 17.4. The second-order valence-electron chi connectivity index (χ2n) is 13.2. The van der Waals surface area contributed by atoms with Crippen LogP contribution in [0.2, 0.25) is 0 Å². The predicted octanol–water partition coefficient (Wildman–Crippen LogP) is 7.02. The molecule has 12 heteroatoms. The highest BCUT2D eigenvalue weighted by atomic mass is 19.1. The molecule has 2 heterocycles. The number of piperazine rings is 1. The van der Waals surface area contributed by atoms with Gasteiger partial charge in [0.25, 0.3) is 5.91 Å². The number of rotatable bonds is 13.